The molecule has 0 radical (unpaired) electrons. The van der Waals surface area contributed by atoms with Crippen molar-refractivity contribution in [1.29, 1.82) is 0 Å². The summed E-state index contributed by atoms with van der Waals surface area (Å²) in [6.45, 7) is 5.99. The third-order valence-corrected chi connectivity index (χ3v) is 5.08. The number of nitrogens with one attached hydrogen (secondary N) is 1. The number of hydrogen-bond acceptors (Lipinski definition) is 4. The van der Waals surface area contributed by atoms with Gasteiger partial charge in [-0.15, -0.1) is 0 Å². The molecule has 2 aromatic rings. The van der Waals surface area contributed by atoms with Crippen molar-refractivity contribution in [3.8, 4) is 11.5 Å². The molecule has 150 valence electrons. The van der Waals surface area contributed by atoms with Gasteiger partial charge in [-0.25, -0.2) is 0 Å². The van der Waals surface area contributed by atoms with Crippen LogP contribution in [0.4, 0.5) is 0 Å². The average molecular weight is 404 g/mol. The summed E-state index contributed by atoms with van der Waals surface area (Å²) in [6, 6.07) is 10.9. The Hall–Kier alpha value is -2.24. The van der Waals surface area contributed by atoms with E-state index in [0.717, 1.165) is 36.3 Å². The normalized spacial score (nSPS) is 16.0. The van der Waals surface area contributed by atoms with Crippen molar-refractivity contribution in [2.75, 3.05) is 19.8 Å². The number of ether oxygens (including phenoxy) is 3. The lowest BCUT2D eigenvalue weighted by Gasteiger charge is -2.15. The van der Waals surface area contributed by atoms with Crippen molar-refractivity contribution in [2.45, 2.75) is 39.4 Å². The summed E-state index contributed by atoms with van der Waals surface area (Å²) >= 11 is 6.07. The van der Waals surface area contributed by atoms with E-state index >= 15 is 0 Å². The Morgan fingerprint density at radius 1 is 1.25 bits per heavy atom. The fourth-order valence-electron chi connectivity index (χ4n) is 3.11. The van der Waals surface area contributed by atoms with Gasteiger partial charge < -0.3 is 19.5 Å². The smallest absolute Gasteiger partial charge is 0.251 e. The molecule has 0 aliphatic carbocycles. The largest absolute Gasteiger partial charge is 0.493 e. The maximum absolute atomic E-state index is 12.5. The highest BCUT2D eigenvalue weighted by Gasteiger charge is 2.17. The summed E-state index contributed by atoms with van der Waals surface area (Å²) in [6.07, 6.45) is 2.15. The second-order valence-corrected chi connectivity index (χ2v) is 7.21. The van der Waals surface area contributed by atoms with E-state index in [9.17, 15) is 4.79 Å². The van der Waals surface area contributed by atoms with Gasteiger partial charge in [-0.3, -0.25) is 4.79 Å². The zero-order valence-corrected chi connectivity index (χ0v) is 17.1. The molecule has 1 aliphatic heterocycles. The quantitative estimate of drug-likeness (QED) is 0.703. The first kappa shape index (κ1) is 20.5. The summed E-state index contributed by atoms with van der Waals surface area (Å²) in [7, 11) is 0. The van der Waals surface area contributed by atoms with E-state index in [-0.39, 0.29) is 12.0 Å². The first-order valence-electron chi connectivity index (χ1n) is 9.61. The molecule has 0 bridgehead atoms. The summed E-state index contributed by atoms with van der Waals surface area (Å²) in [5, 5.41) is 3.65. The number of halogens is 1. The van der Waals surface area contributed by atoms with Crippen LogP contribution in [0.2, 0.25) is 5.02 Å². The van der Waals surface area contributed by atoms with E-state index in [2.05, 4.69) is 5.32 Å². The van der Waals surface area contributed by atoms with Crippen LogP contribution in [-0.4, -0.2) is 31.8 Å². The lowest BCUT2D eigenvalue weighted by Crippen LogP contribution is -2.31. The molecule has 1 N–H and O–H groups in total. The average Bonchev–Trinajstić information content (AvgIpc) is 3.21. The lowest BCUT2D eigenvalue weighted by molar-refractivity contribution is 0.0857. The van der Waals surface area contributed by atoms with Gasteiger partial charge in [0.1, 0.15) is 18.1 Å². The predicted molar refractivity (Wildman–Crippen MR) is 109 cm³/mol. The summed E-state index contributed by atoms with van der Waals surface area (Å²) in [5.41, 5.74) is 2.35. The maximum Gasteiger partial charge on any atom is 0.251 e. The molecule has 1 aliphatic rings. The molecular weight excluding hydrogens is 378 g/mol. The molecule has 0 saturated carbocycles. The number of carbonyl (C=O) groups is 1. The highest BCUT2D eigenvalue weighted by Crippen LogP contribution is 2.25. The Bertz CT molecular complexity index is 818. The second kappa shape index (κ2) is 9.80. The highest BCUT2D eigenvalue weighted by molar-refractivity contribution is 6.31. The molecule has 1 saturated heterocycles. The first-order valence-corrected chi connectivity index (χ1v) is 9.99. The maximum atomic E-state index is 12.5. The topological polar surface area (TPSA) is 56.8 Å². The van der Waals surface area contributed by atoms with Gasteiger partial charge in [0.25, 0.3) is 5.91 Å². The number of aryl methyl sites for hydroxylation is 1. The SMILES string of the molecule is CCOc1ccc(C(=O)NCC2CCCO2)cc1COc1ccc(Cl)c(C)c1. The van der Waals surface area contributed by atoms with Crippen LogP contribution in [0.25, 0.3) is 0 Å². The van der Waals surface area contributed by atoms with Crippen LogP contribution in [0.15, 0.2) is 36.4 Å². The van der Waals surface area contributed by atoms with Crippen LogP contribution in [0.3, 0.4) is 0 Å². The fraction of sp³-hybridized carbons (Fsp3) is 0.409. The molecule has 1 heterocycles. The molecule has 1 amide bonds. The number of amides is 1. The van der Waals surface area contributed by atoms with E-state index in [4.69, 9.17) is 25.8 Å². The molecule has 0 spiro atoms. The van der Waals surface area contributed by atoms with Crippen LogP contribution in [0.1, 0.15) is 41.3 Å². The van der Waals surface area contributed by atoms with Crippen LogP contribution in [-0.2, 0) is 11.3 Å². The van der Waals surface area contributed by atoms with Crippen LogP contribution < -0.4 is 14.8 Å². The minimum atomic E-state index is -0.123. The predicted octanol–water partition coefficient (Wildman–Crippen LogP) is 4.53. The Kier molecular flexibility index (Phi) is 7.18. The zero-order chi connectivity index (χ0) is 19.9. The number of rotatable bonds is 8. The minimum Gasteiger partial charge on any atom is -0.493 e. The zero-order valence-electron chi connectivity index (χ0n) is 16.3. The second-order valence-electron chi connectivity index (χ2n) is 6.80. The molecule has 1 unspecified atom stereocenters. The van der Waals surface area contributed by atoms with Gasteiger partial charge in [0.15, 0.2) is 0 Å². The van der Waals surface area contributed by atoms with Crippen LogP contribution in [0.5, 0.6) is 11.5 Å². The summed E-state index contributed by atoms with van der Waals surface area (Å²) in [4.78, 5) is 12.5. The molecular formula is C22H26ClNO4. The first-order chi connectivity index (χ1) is 13.6. The monoisotopic (exact) mass is 403 g/mol. The van der Waals surface area contributed by atoms with Crippen molar-refractivity contribution in [3.05, 3.63) is 58.1 Å². The van der Waals surface area contributed by atoms with Crippen molar-refractivity contribution in [3.63, 3.8) is 0 Å². The van der Waals surface area contributed by atoms with Crippen LogP contribution >= 0.6 is 11.6 Å². The molecule has 2 aromatic carbocycles. The van der Waals surface area contributed by atoms with E-state index < -0.39 is 0 Å². The van der Waals surface area contributed by atoms with Crippen molar-refractivity contribution < 1.29 is 19.0 Å². The molecule has 1 fully saturated rings. The molecule has 28 heavy (non-hydrogen) atoms. The highest BCUT2D eigenvalue weighted by atomic mass is 35.5. The lowest BCUT2D eigenvalue weighted by atomic mass is 10.1. The van der Waals surface area contributed by atoms with Crippen LogP contribution in [0, 0.1) is 6.92 Å². The summed E-state index contributed by atoms with van der Waals surface area (Å²) in [5.74, 6) is 1.31. The molecule has 0 aromatic heterocycles. The van der Waals surface area contributed by atoms with Crippen molar-refractivity contribution >= 4 is 17.5 Å². The Balaban J connectivity index is 1.69. The van der Waals surface area contributed by atoms with E-state index in [1.807, 2.05) is 44.2 Å². The Labute approximate surface area is 170 Å². The summed E-state index contributed by atoms with van der Waals surface area (Å²) < 4.78 is 17.1. The van der Waals surface area contributed by atoms with Gasteiger partial charge in [-0.2, -0.15) is 0 Å². The number of carbonyl (C=O) groups excluding carboxylic acids is 1. The van der Waals surface area contributed by atoms with E-state index in [1.165, 1.54) is 0 Å². The standard InChI is InChI=1S/C22H26ClNO4/c1-3-26-21-9-6-16(22(25)24-13-19-5-4-10-27-19)12-17(21)14-28-18-7-8-20(23)15(2)11-18/h6-9,11-12,19H,3-5,10,13-14H2,1-2H3,(H,24,25). The van der Waals surface area contributed by atoms with E-state index in [1.54, 1.807) is 6.07 Å². The third kappa shape index (κ3) is 5.40. The van der Waals surface area contributed by atoms with Gasteiger partial charge in [0.2, 0.25) is 0 Å². The molecule has 5 nitrogen and oxygen atoms in total. The molecule has 1 atom stereocenters. The van der Waals surface area contributed by atoms with Crippen molar-refractivity contribution in [1.82, 2.24) is 5.32 Å². The third-order valence-electron chi connectivity index (χ3n) is 4.66. The minimum absolute atomic E-state index is 0.114. The molecule has 3 rings (SSSR count). The Morgan fingerprint density at radius 3 is 2.82 bits per heavy atom. The van der Waals surface area contributed by atoms with Gasteiger partial charge in [0.05, 0.1) is 12.7 Å². The van der Waals surface area contributed by atoms with Gasteiger partial charge in [-0.1, -0.05) is 11.6 Å². The fourth-order valence-corrected chi connectivity index (χ4v) is 3.23. The van der Waals surface area contributed by atoms with E-state index in [0.29, 0.717) is 36.1 Å². The van der Waals surface area contributed by atoms with Crippen molar-refractivity contribution in [2.24, 2.45) is 0 Å². The molecule has 6 heteroatoms. The Morgan fingerprint density at radius 2 is 2.11 bits per heavy atom. The number of benzene rings is 2. The number of hydrogen-bond donors (Lipinski definition) is 1. The van der Waals surface area contributed by atoms with Gasteiger partial charge in [-0.05, 0) is 68.7 Å². The van der Waals surface area contributed by atoms with Gasteiger partial charge in [0, 0.05) is 29.3 Å². The van der Waals surface area contributed by atoms with Gasteiger partial charge >= 0.3 is 0 Å².